The highest BCUT2D eigenvalue weighted by molar-refractivity contribution is 6.06. The first-order valence-electron chi connectivity index (χ1n) is 8.63. The van der Waals surface area contributed by atoms with Crippen molar-refractivity contribution in [3.8, 4) is 5.75 Å². The first-order chi connectivity index (χ1) is 13.6. The number of aromatic nitrogens is 1. The molecule has 2 heterocycles. The molecule has 140 valence electrons. The molecule has 3 aromatic rings. The quantitative estimate of drug-likeness (QED) is 0.757. The molecule has 1 N–H and O–H groups in total. The van der Waals surface area contributed by atoms with Crippen LogP contribution < -0.4 is 15.0 Å². The molecule has 0 saturated heterocycles. The molecule has 0 radical (unpaired) electrons. The molecule has 1 aromatic heterocycles. The van der Waals surface area contributed by atoms with E-state index in [4.69, 9.17) is 4.74 Å². The molecule has 0 fully saturated rings. The molecule has 1 aliphatic rings. The summed E-state index contributed by atoms with van der Waals surface area (Å²) in [6, 6.07) is 14.3. The molecule has 2 amide bonds. The Balaban J connectivity index is 1.61. The van der Waals surface area contributed by atoms with E-state index in [2.05, 4.69) is 10.3 Å². The number of amides is 2. The van der Waals surface area contributed by atoms with Gasteiger partial charge in [0.05, 0.1) is 24.1 Å². The SMILES string of the molecule is O=C(Nc1cccnc1)c1ccc2c(c1)N(Cc1ccc(F)cc1)C(=O)CO2. The van der Waals surface area contributed by atoms with Crippen LogP contribution in [0.1, 0.15) is 15.9 Å². The minimum Gasteiger partial charge on any atom is -0.482 e. The molecule has 1 aliphatic heterocycles. The molecule has 0 spiro atoms. The van der Waals surface area contributed by atoms with Crippen LogP contribution in [0.3, 0.4) is 0 Å². The number of rotatable bonds is 4. The van der Waals surface area contributed by atoms with Crippen LogP contribution in [0.2, 0.25) is 0 Å². The Labute approximate surface area is 160 Å². The van der Waals surface area contributed by atoms with E-state index in [0.717, 1.165) is 5.56 Å². The summed E-state index contributed by atoms with van der Waals surface area (Å²) in [6.45, 7) is 0.165. The van der Waals surface area contributed by atoms with Gasteiger partial charge in [-0.1, -0.05) is 12.1 Å². The highest BCUT2D eigenvalue weighted by Crippen LogP contribution is 2.34. The molecule has 0 aliphatic carbocycles. The van der Waals surface area contributed by atoms with Gasteiger partial charge < -0.3 is 15.0 Å². The number of benzene rings is 2. The van der Waals surface area contributed by atoms with Gasteiger partial charge in [0.1, 0.15) is 11.6 Å². The van der Waals surface area contributed by atoms with Gasteiger partial charge in [-0.05, 0) is 48.0 Å². The third kappa shape index (κ3) is 3.68. The molecule has 6 nitrogen and oxygen atoms in total. The van der Waals surface area contributed by atoms with Gasteiger partial charge in [-0.25, -0.2) is 4.39 Å². The Morgan fingerprint density at radius 2 is 2.00 bits per heavy atom. The Morgan fingerprint density at radius 3 is 2.75 bits per heavy atom. The summed E-state index contributed by atoms with van der Waals surface area (Å²) in [5.74, 6) is -0.386. The standard InChI is InChI=1S/C21H16FN3O3/c22-16-6-3-14(4-7-16)12-25-18-10-15(5-8-19(18)28-13-20(25)26)21(27)24-17-2-1-9-23-11-17/h1-11H,12-13H2,(H,24,27). The highest BCUT2D eigenvalue weighted by atomic mass is 19.1. The molecular formula is C21H16FN3O3. The second-order valence-electron chi connectivity index (χ2n) is 6.27. The molecule has 2 aromatic carbocycles. The van der Waals surface area contributed by atoms with Crippen LogP contribution in [0.25, 0.3) is 0 Å². The number of fused-ring (bicyclic) bond motifs is 1. The number of hydrogen-bond acceptors (Lipinski definition) is 4. The predicted molar refractivity (Wildman–Crippen MR) is 102 cm³/mol. The normalized spacial score (nSPS) is 12.9. The fourth-order valence-electron chi connectivity index (χ4n) is 2.93. The van der Waals surface area contributed by atoms with Crippen molar-refractivity contribution in [2.45, 2.75) is 6.54 Å². The Bertz CT molecular complexity index is 1020. The van der Waals surface area contributed by atoms with Gasteiger partial charge in [-0.15, -0.1) is 0 Å². The Hall–Kier alpha value is -3.74. The second-order valence-corrected chi connectivity index (χ2v) is 6.27. The van der Waals surface area contributed by atoms with E-state index in [-0.39, 0.29) is 30.8 Å². The minimum absolute atomic E-state index is 0.0879. The van der Waals surface area contributed by atoms with E-state index in [9.17, 15) is 14.0 Å². The lowest BCUT2D eigenvalue weighted by atomic mass is 10.1. The van der Waals surface area contributed by atoms with Crippen molar-refractivity contribution in [1.82, 2.24) is 4.98 Å². The zero-order chi connectivity index (χ0) is 19.5. The van der Waals surface area contributed by atoms with Gasteiger partial charge >= 0.3 is 0 Å². The molecule has 4 rings (SSSR count). The van der Waals surface area contributed by atoms with E-state index >= 15 is 0 Å². The highest BCUT2D eigenvalue weighted by Gasteiger charge is 2.26. The van der Waals surface area contributed by atoms with E-state index in [1.54, 1.807) is 54.9 Å². The zero-order valence-electron chi connectivity index (χ0n) is 14.8. The van der Waals surface area contributed by atoms with Crippen molar-refractivity contribution in [3.05, 3.63) is 83.9 Å². The maximum atomic E-state index is 13.2. The number of ether oxygens (including phenoxy) is 1. The second kappa shape index (κ2) is 7.48. The fourth-order valence-corrected chi connectivity index (χ4v) is 2.93. The lowest BCUT2D eigenvalue weighted by molar-refractivity contribution is -0.121. The van der Waals surface area contributed by atoms with Gasteiger partial charge in [0.2, 0.25) is 0 Å². The molecule has 0 unspecified atom stereocenters. The van der Waals surface area contributed by atoms with Gasteiger partial charge in [-0.3, -0.25) is 14.6 Å². The Morgan fingerprint density at radius 1 is 1.18 bits per heavy atom. The smallest absolute Gasteiger partial charge is 0.265 e. The van der Waals surface area contributed by atoms with Crippen molar-refractivity contribution >= 4 is 23.2 Å². The van der Waals surface area contributed by atoms with Crippen LogP contribution in [-0.2, 0) is 11.3 Å². The number of nitrogens with zero attached hydrogens (tertiary/aromatic N) is 2. The van der Waals surface area contributed by atoms with E-state index in [0.29, 0.717) is 22.7 Å². The average molecular weight is 377 g/mol. The number of carbonyl (C=O) groups excluding carboxylic acids is 2. The summed E-state index contributed by atoms with van der Waals surface area (Å²) in [5, 5.41) is 2.76. The van der Waals surface area contributed by atoms with Crippen molar-refractivity contribution in [3.63, 3.8) is 0 Å². The van der Waals surface area contributed by atoms with Crippen molar-refractivity contribution in [2.75, 3.05) is 16.8 Å². The van der Waals surface area contributed by atoms with Gasteiger partial charge in [0.25, 0.3) is 11.8 Å². The van der Waals surface area contributed by atoms with E-state index in [1.807, 2.05) is 0 Å². The molecule has 0 saturated carbocycles. The topological polar surface area (TPSA) is 71.5 Å². The van der Waals surface area contributed by atoms with Gasteiger partial charge in [0, 0.05) is 11.8 Å². The lowest BCUT2D eigenvalue weighted by Gasteiger charge is -2.29. The fraction of sp³-hybridized carbons (Fsp3) is 0.0952. The largest absolute Gasteiger partial charge is 0.482 e. The van der Waals surface area contributed by atoms with Gasteiger partial charge in [-0.2, -0.15) is 0 Å². The summed E-state index contributed by atoms with van der Waals surface area (Å²) in [6.07, 6.45) is 3.16. The molecule has 0 atom stereocenters. The van der Waals surface area contributed by atoms with E-state index in [1.165, 1.54) is 17.0 Å². The maximum absolute atomic E-state index is 13.2. The van der Waals surface area contributed by atoms with Crippen LogP contribution in [0, 0.1) is 5.82 Å². The molecule has 0 bridgehead atoms. The average Bonchev–Trinajstić information content (AvgIpc) is 2.72. The number of anilines is 2. The molecule has 7 heteroatoms. The summed E-state index contributed by atoms with van der Waals surface area (Å²) >= 11 is 0. The van der Waals surface area contributed by atoms with Crippen LogP contribution in [0.4, 0.5) is 15.8 Å². The number of carbonyl (C=O) groups is 2. The third-order valence-corrected chi connectivity index (χ3v) is 4.34. The number of halogens is 1. The summed E-state index contributed by atoms with van der Waals surface area (Å²) in [4.78, 5) is 30.5. The maximum Gasteiger partial charge on any atom is 0.265 e. The minimum atomic E-state index is -0.341. The molecule has 28 heavy (non-hydrogen) atoms. The first kappa shape index (κ1) is 17.7. The zero-order valence-corrected chi connectivity index (χ0v) is 14.8. The number of nitrogens with one attached hydrogen (secondary N) is 1. The van der Waals surface area contributed by atoms with Gasteiger partial charge in [0.15, 0.2) is 6.61 Å². The van der Waals surface area contributed by atoms with E-state index < -0.39 is 0 Å². The van der Waals surface area contributed by atoms with Crippen LogP contribution in [-0.4, -0.2) is 23.4 Å². The monoisotopic (exact) mass is 377 g/mol. The number of pyridine rings is 1. The number of hydrogen-bond donors (Lipinski definition) is 1. The summed E-state index contributed by atoms with van der Waals surface area (Å²) < 4.78 is 18.6. The van der Waals surface area contributed by atoms with Crippen molar-refractivity contribution < 1.29 is 18.7 Å². The Kier molecular flexibility index (Phi) is 4.72. The van der Waals surface area contributed by atoms with Crippen LogP contribution in [0.5, 0.6) is 5.75 Å². The molecular weight excluding hydrogens is 361 g/mol. The summed E-state index contributed by atoms with van der Waals surface area (Å²) in [7, 11) is 0. The van der Waals surface area contributed by atoms with Crippen molar-refractivity contribution in [1.29, 1.82) is 0 Å². The van der Waals surface area contributed by atoms with Crippen molar-refractivity contribution in [2.24, 2.45) is 0 Å². The first-order valence-corrected chi connectivity index (χ1v) is 8.63. The third-order valence-electron chi connectivity index (χ3n) is 4.34. The summed E-state index contributed by atoms with van der Waals surface area (Å²) in [5.41, 5.74) is 2.22. The lowest BCUT2D eigenvalue weighted by Crippen LogP contribution is -2.38. The van der Waals surface area contributed by atoms with Crippen LogP contribution in [0.15, 0.2) is 67.0 Å². The van der Waals surface area contributed by atoms with Crippen LogP contribution >= 0.6 is 0 Å². The predicted octanol–water partition coefficient (Wildman–Crippen LogP) is 3.40.